The summed E-state index contributed by atoms with van der Waals surface area (Å²) in [5, 5.41) is 0. The Balaban J connectivity index is 3.34. The predicted octanol–water partition coefficient (Wildman–Crippen LogP) is 3.50. The van der Waals surface area contributed by atoms with Gasteiger partial charge in [-0.3, -0.25) is 0 Å². The van der Waals surface area contributed by atoms with E-state index in [-0.39, 0.29) is 21.8 Å². The molecule has 0 spiro atoms. The first kappa shape index (κ1) is 16.3. The van der Waals surface area contributed by atoms with Gasteiger partial charge in [0.15, 0.2) is 5.75 Å². The number of hydrogen-bond donors (Lipinski definition) is 0. The third kappa shape index (κ3) is 4.37. The van der Waals surface area contributed by atoms with Crippen molar-refractivity contribution in [3.8, 4) is 5.75 Å². The highest BCUT2D eigenvalue weighted by Gasteiger charge is 2.35. The average Bonchev–Trinajstić information content (AvgIpc) is 2.27. The van der Waals surface area contributed by atoms with Crippen molar-refractivity contribution in [2.45, 2.75) is 19.2 Å². The quantitative estimate of drug-likeness (QED) is 0.331. The van der Waals surface area contributed by atoms with Crippen LogP contribution >= 0.6 is 34.2 Å². The van der Waals surface area contributed by atoms with Gasteiger partial charge >= 0.3 is 12.3 Å². The second-order valence-corrected chi connectivity index (χ2v) is 4.46. The highest BCUT2D eigenvalue weighted by Crippen LogP contribution is 2.33. The van der Waals surface area contributed by atoms with Crippen molar-refractivity contribution in [2.24, 2.45) is 0 Å². The van der Waals surface area contributed by atoms with Crippen molar-refractivity contribution in [1.29, 1.82) is 0 Å². The van der Waals surface area contributed by atoms with E-state index in [0.717, 1.165) is 6.20 Å². The Kier molecular flexibility index (Phi) is 5.65. The van der Waals surface area contributed by atoms with Crippen LogP contribution in [-0.4, -0.2) is 23.9 Å². The molecule has 1 aromatic rings. The molecule has 0 atom stereocenters. The van der Waals surface area contributed by atoms with Gasteiger partial charge in [0.1, 0.15) is 9.26 Å². The maximum absolute atomic E-state index is 12.4. The molecule has 106 valence electrons. The Bertz CT molecular complexity index is 482. The molecular weight excluding hydrogens is 401 g/mol. The highest BCUT2D eigenvalue weighted by atomic mass is 127. The summed E-state index contributed by atoms with van der Waals surface area (Å²) in [6, 6.07) is 0. The topological polar surface area (TPSA) is 48.4 Å². The van der Waals surface area contributed by atoms with E-state index >= 15 is 0 Å². The van der Waals surface area contributed by atoms with Crippen LogP contribution in [0.15, 0.2) is 6.20 Å². The zero-order valence-electron chi connectivity index (χ0n) is 9.55. The van der Waals surface area contributed by atoms with Gasteiger partial charge in [0.05, 0.1) is 12.5 Å². The van der Waals surface area contributed by atoms with E-state index in [9.17, 15) is 18.0 Å². The van der Waals surface area contributed by atoms with Gasteiger partial charge in [-0.25, -0.2) is 9.78 Å². The Morgan fingerprint density at radius 2 is 2.16 bits per heavy atom. The molecule has 0 radical (unpaired) electrons. The molecule has 19 heavy (non-hydrogen) atoms. The summed E-state index contributed by atoms with van der Waals surface area (Å²) in [5.74, 6) is -1.89. The summed E-state index contributed by atoms with van der Waals surface area (Å²) in [5.41, 5.74) is -0.416. The minimum atomic E-state index is -4.94. The third-order valence-electron chi connectivity index (χ3n) is 1.92. The van der Waals surface area contributed by atoms with Gasteiger partial charge in [0, 0.05) is 11.8 Å². The van der Waals surface area contributed by atoms with Crippen LogP contribution in [0, 0.1) is 3.70 Å². The van der Waals surface area contributed by atoms with E-state index in [1.807, 2.05) is 0 Å². The predicted molar refractivity (Wildman–Crippen MR) is 69.2 cm³/mol. The molecule has 0 saturated heterocycles. The van der Waals surface area contributed by atoms with Crippen molar-refractivity contribution in [2.75, 3.05) is 6.61 Å². The lowest BCUT2D eigenvalue weighted by molar-refractivity contribution is -0.275. The van der Waals surface area contributed by atoms with Gasteiger partial charge < -0.3 is 9.47 Å². The van der Waals surface area contributed by atoms with E-state index in [0.29, 0.717) is 0 Å². The molecule has 0 amide bonds. The van der Waals surface area contributed by atoms with E-state index < -0.39 is 23.6 Å². The fourth-order valence-electron chi connectivity index (χ4n) is 1.22. The first-order valence-corrected chi connectivity index (χ1v) is 6.57. The van der Waals surface area contributed by atoms with Gasteiger partial charge in [0.2, 0.25) is 0 Å². The Labute approximate surface area is 125 Å². The Morgan fingerprint density at radius 1 is 1.53 bits per heavy atom. The van der Waals surface area contributed by atoms with Crippen molar-refractivity contribution in [3.05, 3.63) is 21.0 Å². The molecule has 1 heterocycles. The van der Waals surface area contributed by atoms with Crippen molar-refractivity contribution in [3.63, 3.8) is 0 Å². The van der Waals surface area contributed by atoms with E-state index in [4.69, 9.17) is 11.6 Å². The van der Waals surface area contributed by atoms with Crippen molar-refractivity contribution in [1.82, 2.24) is 4.98 Å². The third-order valence-corrected chi connectivity index (χ3v) is 3.12. The summed E-state index contributed by atoms with van der Waals surface area (Å²) in [6.45, 7) is 1.55. The smallest absolute Gasteiger partial charge is 0.462 e. The first-order chi connectivity index (χ1) is 8.80. The second-order valence-electron chi connectivity index (χ2n) is 3.17. The van der Waals surface area contributed by atoms with Gasteiger partial charge in [0.25, 0.3) is 0 Å². The van der Waals surface area contributed by atoms with Crippen molar-refractivity contribution < 1.29 is 27.4 Å². The average molecular weight is 410 g/mol. The largest absolute Gasteiger partial charge is 0.573 e. The number of ether oxygens (including phenoxy) is 2. The number of carbonyl (C=O) groups excluding carboxylic acids is 1. The fourth-order valence-corrected chi connectivity index (χ4v) is 2.26. The normalized spacial score (nSPS) is 11.3. The van der Waals surface area contributed by atoms with Crippen LogP contribution in [0.5, 0.6) is 5.75 Å². The maximum Gasteiger partial charge on any atom is 0.573 e. The lowest BCUT2D eigenvalue weighted by atomic mass is 10.2. The molecule has 1 aromatic heterocycles. The molecule has 0 saturated carbocycles. The molecule has 0 bridgehead atoms. The summed E-state index contributed by atoms with van der Waals surface area (Å²) in [7, 11) is 0. The Morgan fingerprint density at radius 3 is 2.63 bits per heavy atom. The number of pyridine rings is 1. The molecule has 0 aliphatic carbocycles. The lowest BCUT2D eigenvalue weighted by Gasteiger charge is -2.16. The molecule has 0 N–H and O–H groups in total. The van der Waals surface area contributed by atoms with Gasteiger partial charge in [-0.1, -0.05) is 0 Å². The highest BCUT2D eigenvalue weighted by molar-refractivity contribution is 14.1. The molecule has 1 rings (SSSR count). The standard InChI is InChI=1S/C10H8ClF3INO3/c1-2-18-9(17)6-4-16-8(15)5(3-11)7(6)19-10(12,13)14/h4H,2-3H2,1H3. The number of carbonyl (C=O) groups is 1. The van der Waals surface area contributed by atoms with Crippen LogP contribution in [0.2, 0.25) is 0 Å². The zero-order chi connectivity index (χ0) is 14.6. The SMILES string of the molecule is CCOC(=O)c1cnc(I)c(CCl)c1OC(F)(F)F. The van der Waals surface area contributed by atoms with Gasteiger partial charge in [-0.05, 0) is 29.5 Å². The maximum atomic E-state index is 12.4. The Hall–Kier alpha value is -0.770. The number of aromatic nitrogens is 1. The van der Waals surface area contributed by atoms with Crippen LogP contribution in [0.4, 0.5) is 13.2 Å². The van der Waals surface area contributed by atoms with Crippen LogP contribution in [0.25, 0.3) is 0 Å². The number of hydrogen-bond acceptors (Lipinski definition) is 4. The summed E-state index contributed by atoms with van der Waals surface area (Å²) in [6.07, 6.45) is -3.97. The molecule has 0 fully saturated rings. The van der Waals surface area contributed by atoms with E-state index in [1.54, 1.807) is 22.6 Å². The number of esters is 1. The van der Waals surface area contributed by atoms with Crippen LogP contribution < -0.4 is 4.74 Å². The summed E-state index contributed by atoms with van der Waals surface area (Å²) >= 11 is 7.28. The molecule has 0 aliphatic heterocycles. The molecule has 0 aromatic carbocycles. The number of alkyl halides is 4. The number of halogens is 5. The first-order valence-electron chi connectivity index (χ1n) is 4.96. The lowest BCUT2D eigenvalue weighted by Crippen LogP contribution is -2.21. The van der Waals surface area contributed by atoms with Gasteiger partial charge in [-0.15, -0.1) is 24.8 Å². The number of nitrogens with zero attached hydrogens (tertiary/aromatic N) is 1. The molecule has 9 heteroatoms. The fraction of sp³-hybridized carbons (Fsp3) is 0.400. The molecular formula is C10H8ClF3INO3. The molecule has 0 aliphatic rings. The summed E-state index contributed by atoms with van der Waals surface area (Å²) < 4.78 is 45.9. The van der Waals surface area contributed by atoms with E-state index in [2.05, 4.69) is 14.5 Å². The van der Waals surface area contributed by atoms with Gasteiger partial charge in [-0.2, -0.15) is 0 Å². The minimum Gasteiger partial charge on any atom is -0.462 e. The molecule has 0 unspecified atom stereocenters. The summed E-state index contributed by atoms with van der Waals surface area (Å²) in [4.78, 5) is 15.4. The second kappa shape index (κ2) is 6.60. The minimum absolute atomic E-state index is 0.00913. The van der Waals surface area contributed by atoms with E-state index in [1.165, 1.54) is 6.92 Å². The molecule has 4 nitrogen and oxygen atoms in total. The van der Waals surface area contributed by atoms with Crippen LogP contribution in [0.3, 0.4) is 0 Å². The van der Waals surface area contributed by atoms with Crippen molar-refractivity contribution >= 4 is 40.2 Å². The van der Waals surface area contributed by atoms with Crippen LogP contribution in [0.1, 0.15) is 22.8 Å². The zero-order valence-corrected chi connectivity index (χ0v) is 12.5. The van der Waals surface area contributed by atoms with Crippen LogP contribution in [-0.2, 0) is 10.6 Å². The number of rotatable bonds is 4. The monoisotopic (exact) mass is 409 g/mol.